The van der Waals surface area contributed by atoms with Gasteiger partial charge in [0.25, 0.3) is 0 Å². The van der Waals surface area contributed by atoms with Crippen LogP contribution in [0.2, 0.25) is 0 Å². The fourth-order valence-electron chi connectivity index (χ4n) is 5.33. The highest BCUT2D eigenvalue weighted by Crippen LogP contribution is 2.70. The minimum atomic E-state index is 0.421. The maximum absolute atomic E-state index is 4.43. The number of rotatable bonds is 0. The van der Waals surface area contributed by atoms with Crippen molar-refractivity contribution in [2.24, 2.45) is 28.6 Å². The molecule has 3 aliphatic rings. The summed E-state index contributed by atoms with van der Waals surface area (Å²) in [6.45, 7) is 11.9. The van der Waals surface area contributed by atoms with Crippen LogP contribution in [0.15, 0.2) is 12.2 Å². The van der Waals surface area contributed by atoms with Crippen LogP contribution in [0.5, 0.6) is 0 Å². The Hall–Kier alpha value is -0.260. The normalized spacial score (nSPS) is 51.9. The molecule has 0 radical (unpaired) electrons. The lowest BCUT2D eigenvalue weighted by Gasteiger charge is -2.50. The SMILES string of the molecule is C=C1[C@@H]2CC[C@]3(C2)[C@H](C)CC[C@@H]3C1(C)C. The second-order valence-electron chi connectivity index (χ2n) is 6.95. The minimum Gasteiger partial charge on any atom is -0.0990 e. The van der Waals surface area contributed by atoms with Crippen molar-refractivity contribution in [3.63, 3.8) is 0 Å². The van der Waals surface area contributed by atoms with E-state index in [0.29, 0.717) is 5.41 Å². The maximum Gasteiger partial charge on any atom is -0.0111 e. The Morgan fingerprint density at radius 3 is 2.67 bits per heavy atom. The Morgan fingerprint density at radius 2 is 1.93 bits per heavy atom. The van der Waals surface area contributed by atoms with Crippen LogP contribution in [0.25, 0.3) is 0 Å². The molecule has 3 rings (SSSR count). The van der Waals surface area contributed by atoms with Crippen molar-refractivity contribution in [2.75, 3.05) is 0 Å². The molecule has 3 fully saturated rings. The first-order chi connectivity index (χ1) is 6.98. The topological polar surface area (TPSA) is 0 Å². The molecule has 0 heterocycles. The van der Waals surface area contributed by atoms with E-state index in [1.807, 2.05) is 0 Å². The smallest absolute Gasteiger partial charge is 0.0111 e. The van der Waals surface area contributed by atoms with E-state index in [1.54, 1.807) is 5.57 Å². The maximum atomic E-state index is 4.43. The predicted octanol–water partition coefficient (Wildman–Crippen LogP) is 4.42. The first kappa shape index (κ1) is 9.93. The average Bonchev–Trinajstić information content (AvgIpc) is 2.71. The van der Waals surface area contributed by atoms with Crippen LogP contribution < -0.4 is 0 Å². The van der Waals surface area contributed by atoms with Crippen LogP contribution in [0.4, 0.5) is 0 Å². The molecule has 1 spiro atoms. The van der Waals surface area contributed by atoms with E-state index >= 15 is 0 Å². The summed E-state index contributed by atoms with van der Waals surface area (Å²) in [6.07, 6.45) is 7.32. The highest BCUT2D eigenvalue weighted by molar-refractivity contribution is 5.25. The molecule has 0 aromatic rings. The first-order valence-electron chi connectivity index (χ1n) is 6.68. The van der Waals surface area contributed by atoms with Crippen molar-refractivity contribution in [1.29, 1.82) is 0 Å². The summed E-state index contributed by atoms with van der Waals surface area (Å²) in [7, 11) is 0. The molecular weight excluding hydrogens is 180 g/mol. The van der Waals surface area contributed by atoms with Gasteiger partial charge in [-0.2, -0.15) is 0 Å². The fraction of sp³-hybridized carbons (Fsp3) is 0.867. The van der Waals surface area contributed by atoms with E-state index in [0.717, 1.165) is 23.2 Å². The van der Waals surface area contributed by atoms with Crippen molar-refractivity contribution in [1.82, 2.24) is 0 Å². The summed E-state index contributed by atoms with van der Waals surface area (Å²) in [5.74, 6) is 2.77. The van der Waals surface area contributed by atoms with Crippen LogP contribution in [-0.4, -0.2) is 0 Å². The van der Waals surface area contributed by atoms with Crippen LogP contribution in [0.3, 0.4) is 0 Å². The summed E-state index contributed by atoms with van der Waals surface area (Å²) in [5, 5.41) is 0. The summed E-state index contributed by atoms with van der Waals surface area (Å²) >= 11 is 0. The number of fused-ring (bicyclic) bond motifs is 1. The third kappa shape index (κ3) is 0.990. The summed E-state index contributed by atoms with van der Waals surface area (Å²) in [4.78, 5) is 0. The summed E-state index contributed by atoms with van der Waals surface area (Å²) in [5.41, 5.74) is 2.72. The highest BCUT2D eigenvalue weighted by Gasteiger charge is 2.61. The van der Waals surface area contributed by atoms with Crippen molar-refractivity contribution in [3.8, 4) is 0 Å². The lowest BCUT2D eigenvalue weighted by molar-refractivity contribution is 0.0429. The molecule has 4 atom stereocenters. The van der Waals surface area contributed by atoms with Crippen LogP contribution in [0, 0.1) is 28.6 Å². The molecule has 0 aliphatic heterocycles. The minimum absolute atomic E-state index is 0.421. The predicted molar refractivity (Wildman–Crippen MR) is 64.6 cm³/mol. The van der Waals surface area contributed by atoms with Crippen molar-refractivity contribution < 1.29 is 0 Å². The molecule has 84 valence electrons. The van der Waals surface area contributed by atoms with Gasteiger partial charge < -0.3 is 0 Å². The van der Waals surface area contributed by atoms with E-state index in [9.17, 15) is 0 Å². The molecule has 3 aliphatic carbocycles. The Balaban J connectivity index is 2.09. The molecule has 0 nitrogen and oxygen atoms in total. The van der Waals surface area contributed by atoms with Gasteiger partial charge in [0.1, 0.15) is 0 Å². The highest BCUT2D eigenvalue weighted by atomic mass is 14.7. The number of allylic oxidation sites excluding steroid dienone is 1. The lowest BCUT2D eigenvalue weighted by atomic mass is 9.54. The number of hydrogen-bond donors (Lipinski definition) is 0. The quantitative estimate of drug-likeness (QED) is 0.513. The molecule has 2 bridgehead atoms. The van der Waals surface area contributed by atoms with E-state index in [1.165, 1.54) is 32.1 Å². The molecule has 0 aromatic heterocycles. The van der Waals surface area contributed by atoms with Crippen LogP contribution in [-0.2, 0) is 0 Å². The molecule has 3 saturated carbocycles. The van der Waals surface area contributed by atoms with E-state index < -0.39 is 0 Å². The van der Waals surface area contributed by atoms with Gasteiger partial charge in [0, 0.05) is 0 Å². The Kier molecular flexibility index (Phi) is 1.79. The van der Waals surface area contributed by atoms with Gasteiger partial charge in [-0.1, -0.05) is 32.9 Å². The molecule has 0 amide bonds. The van der Waals surface area contributed by atoms with Gasteiger partial charge in [0.15, 0.2) is 0 Å². The Bertz CT molecular complexity index is 312. The molecule has 15 heavy (non-hydrogen) atoms. The largest absolute Gasteiger partial charge is 0.0990 e. The van der Waals surface area contributed by atoms with Gasteiger partial charge in [0.2, 0.25) is 0 Å². The molecule has 0 unspecified atom stereocenters. The zero-order valence-electron chi connectivity index (χ0n) is 10.5. The monoisotopic (exact) mass is 204 g/mol. The lowest BCUT2D eigenvalue weighted by Crippen LogP contribution is -2.42. The van der Waals surface area contributed by atoms with Crippen molar-refractivity contribution in [3.05, 3.63) is 12.2 Å². The molecule has 0 N–H and O–H groups in total. The third-order valence-corrected chi connectivity index (χ3v) is 6.34. The van der Waals surface area contributed by atoms with Crippen molar-refractivity contribution in [2.45, 2.75) is 52.9 Å². The van der Waals surface area contributed by atoms with Gasteiger partial charge in [-0.25, -0.2) is 0 Å². The summed E-state index contributed by atoms with van der Waals surface area (Å²) < 4.78 is 0. The van der Waals surface area contributed by atoms with Gasteiger partial charge >= 0.3 is 0 Å². The second-order valence-corrected chi connectivity index (χ2v) is 6.95. The standard InChI is InChI=1S/C15H24/c1-10-5-6-13-14(3,4)11(2)12-7-8-15(10,13)9-12/h10,12-13H,2,5-9H2,1,3-4H3/t10-,12-,13-,15+/m1/s1. The molecule has 0 saturated heterocycles. The third-order valence-electron chi connectivity index (χ3n) is 6.34. The van der Waals surface area contributed by atoms with Gasteiger partial charge in [-0.15, -0.1) is 0 Å². The average molecular weight is 204 g/mol. The zero-order chi connectivity index (χ0) is 10.8. The summed E-state index contributed by atoms with van der Waals surface area (Å²) in [6, 6.07) is 0. The van der Waals surface area contributed by atoms with Gasteiger partial charge in [-0.3, -0.25) is 0 Å². The van der Waals surface area contributed by atoms with E-state index in [2.05, 4.69) is 27.4 Å². The Morgan fingerprint density at radius 1 is 1.20 bits per heavy atom. The zero-order valence-corrected chi connectivity index (χ0v) is 10.5. The second kappa shape index (κ2) is 2.70. The number of hydrogen-bond acceptors (Lipinski definition) is 0. The molecule has 0 heteroatoms. The van der Waals surface area contributed by atoms with Gasteiger partial charge in [-0.05, 0) is 60.7 Å². The fourth-order valence-corrected chi connectivity index (χ4v) is 5.33. The van der Waals surface area contributed by atoms with Crippen LogP contribution in [0.1, 0.15) is 52.9 Å². The Labute approximate surface area is 94.1 Å². The van der Waals surface area contributed by atoms with Crippen molar-refractivity contribution >= 4 is 0 Å². The molecule has 0 aromatic carbocycles. The first-order valence-corrected chi connectivity index (χ1v) is 6.68. The molecular formula is C15H24. The van der Waals surface area contributed by atoms with E-state index in [4.69, 9.17) is 0 Å². The van der Waals surface area contributed by atoms with Crippen LogP contribution >= 0.6 is 0 Å². The van der Waals surface area contributed by atoms with Gasteiger partial charge in [0.05, 0.1) is 0 Å². The van der Waals surface area contributed by atoms with E-state index in [-0.39, 0.29) is 0 Å².